The van der Waals surface area contributed by atoms with Gasteiger partial charge in [-0.1, -0.05) is 30.2 Å². The van der Waals surface area contributed by atoms with Crippen LogP contribution in [0.4, 0.5) is 11.6 Å². The number of hydrogen-bond acceptors (Lipinski definition) is 4. The number of rotatable bonds is 4. The maximum atomic E-state index is 13.4. The van der Waals surface area contributed by atoms with Gasteiger partial charge in [0.2, 0.25) is 11.2 Å². The SMILES string of the molecule is [C-]#[N+]c1cccc(Cn2c(Cl)nc3nc(N4CCCCC4)n(CC#CC)c3c2=O)c1. The second-order valence-corrected chi connectivity index (χ2v) is 7.54. The van der Waals surface area contributed by atoms with E-state index in [1.54, 1.807) is 25.1 Å². The van der Waals surface area contributed by atoms with Gasteiger partial charge in [0.05, 0.1) is 19.7 Å². The normalized spacial score (nSPS) is 13.7. The third-order valence-corrected chi connectivity index (χ3v) is 5.52. The molecule has 0 amide bonds. The summed E-state index contributed by atoms with van der Waals surface area (Å²) in [5, 5.41) is 0.0807. The van der Waals surface area contributed by atoms with Crippen LogP contribution in [0.3, 0.4) is 0 Å². The molecule has 30 heavy (non-hydrogen) atoms. The molecule has 1 fully saturated rings. The van der Waals surface area contributed by atoms with Crippen molar-refractivity contribution in [1.29, 1.82) is 0 Å². The third-order valence-electron chi connectivity index (χ3n) is 5.23. The second-order valence-electron chi connectivity index (χ2n) is 7.20. The number of benzene rings is 1. The summed E-state index contributed by atoms with van der Waals surface area (Å²) < 4.78 is 3.28. The van der Waals surface area contributed by atoms with Gasteiger partial charge >= 0.3 is 0 Å². The second kappa shape index (κ2) is 8.61. The van der Waals surface area contributed by atoms with Gasteiger partial charge in [-0.2, -0.15) is 9.97 Å². The molecule has 0 saturated carbocycles. The van der Waals surface area contributed by atoms with Gasteiger partial charge in [-0.15, -0.1) is 5.92 Å². The summed E-state index contributed by atoms with van der Waals surface area (Å²) in [6, 6.07) is 7.13. The number of piperidine rings is 1. The summed E-state index contributed by atoms with van der Waals surface area (Å²) in [7, 11) is 0. The molecule has 0 unspecified atom stereocenters. The lowest BCUT2D eigenvalue weighted by Gasteiger charge is -2.27. The van der Waals surface area contributed by atoms with Gasteiger partial charge in [0.15, 0.2) is 16.9 Å². The minimum Gasteiger partial charge on any atom is -0.342 e. The number of hydrogen-bond donors (Lipinski definition) is 0. The molecule has 0 N–H and O–H groups in total. The van der Waals surface area contributed by atoms with Gasteiger partial charge < -0.3 is 4.90 Å². The number of aromatic nitrogens is 4. The molecule has 2 aromatic heterocycles. The first-order valence-electron chi connectivity index (χ1n) is 9.90. The molecule has 0 aliphatic carbocycles. The van der Waals surface area contributed by atoms with Crippen molar-refractivity contribution in [3.63, 3.8) is 0 Å². The molecule has 1 aliphatic rings. The van der Waals surface area contributed by atoms with Crippen LogP contribution in [-0.4, -0.2) is 32.2 Å². The average Bonchev–Trinajstić information content (AvgIpc) is 3.14. The van der Waals surface area contributed by atoms with E-state index in [2.05, 4.69) is 31.6 Å². The molecule has 0 radical (unpaired) electrons. The molecule has 152 valence electrons. The van der Waals surface area contributed by atoms with Crippen LogP contribution in [0, 0.1) is 18.4 Å². The van der Waals surface area contributed by atoms with Crippen molar-refractivity contribution >= 4 is 34.4 Å². The Bertz CT molecular complexity index is 1250. The van der Waals surface area contributed by atoms with Crippen molar-refractivity contribution in [3.8, 4) is 11.8 Å². The maximum absolute atomic E-state index is 13.4. The molecule has 0 spiro atoms. The lowest BCUT2D eigenvalue weighted by molar-refractivity contribution is 0.561. The molecule has 3 heterocycles. The Labute approximate surface area is 179 Å². The summed E-state index contributed by atoms with van der Waals surface area (Å²) >= 11 is 6.38. The van der Waals surface area contributed by atoms with Crippen LogP contribution in [0.15, 0.2) is 29.1 Å². The van der Waals surface area contributed by atoms with Crippen LogP contribution in [0.5, 0.6) is 0 Å². The van der Waals surface area contributed by atoms with Crippen LogP contribution in [0.25, 0.3) is 16.0 Å². The lowest BCUT2D eigenvalue weighted by Crippen LogP contribution is -2.32. The van der Waals surface area contributed by atoms with E-state index in [9.17, 15) is 4.79 Å². The van der Waals surface area contributed by atoms with E-state index in [4.69, 9.17) is 18.2 Å². The molecular formula is C22H21ClN6O. The predicted molar refractivity (Wildman–Crippen MR) is 118 cm³/mol. The highest BCUT2D eigenvalue weighted by atomic mass is 35.5. The molecule has 0 atom stereocenters. The quantitative estimate of drug-likeness (QED) is 0.365. The Balaban J connectivity index is 1.85. The van der Waals surface area contributed by atoms with Crippen LogP contribution >= 0.6 is 11.6 Å². The Morgan fingerprint density at radius 3 is 2.73 bits per heavy atom. The maximum Gasteiger partial charge on any atom is 0.281 e. The molecule has 1 saturated heterocycles. The molecule has 1 aromatic carbocycles. The first-order valence-corrected chi connectivity index (χ1v) is 10.3. The van der Waals surface area contributed by atoms with E-state index in [0.29, 0.717) is 23.4 Å². The highest BCUT2D eigenvalue weighted by molar-refractivity contribution is 6.28. The molecule has 8 heteroatoms. The summed E-state index contributed by atoms with van der Waals surface area (Å²) in [5.41, 5.74) is 1.82. The van der Waals surface area contributed by atoms with E-state index in [1.165, 1.54) is 11.0 Å². The van der Waals surface area contributed by atoms with E-state index >= 15 is 0 Å². The number of imidazole rings is 1. The van der Waals surface area contributed by atoms with Crippen molar-refractivity contribution < 1.29 is 0 Å². The standard InChI is InChI=1S/C22H21ClN6O/c1-3-4-13-28-18-19(26-22(28)27-11-6-5-7-12-27)25-21(23)29(20(18)30)15-16-9-8-10-17(14-16)24-2/h8-10,14H,5-7,11-13,15H2,1H3. The minimum atomic E-state index is -0.258. The lowest BCUT2D eigenvalue weighted by atomic mass is 10.1. The number of halogens is 1. The molecule has 3 aromatic rings. The van der Waals surface area contributed by atoms with Crippen LogP contribution in [0.2, 0.25) is 5.28 Å². The number of fused-ring (bicyclic) bond motifs is 1. The highest BCUT2D eigenvalue weighted by Gasteiger charge is 2.23. The fraction of sp³-hybridized carbons (Fsp3) is 0.364. The molecule has 7 nitrogen and oxygen atoms in total. The largest absolute Gasteiger partial charge is 0.342 e. The van der Waals surface area contributed by atoms with Gasteiger partial charge in [0.1, 0.15) is 0 Å². The highest BCUT2D eigenvalue weighted by Crippen LogP contribution is 2.24. The van der Waals surface area contributed by atoms with Gasteiger partial charge in [0.25, 0.3) is 5.56 Å². The molecule has 4 rings (SSSR count). The number of anilines is 1. The average molecular weight is 421 g/mol. The zero-order valence-corrected chi connectivity index (χ0v) is 17.5. The third kappa shape index (κ3) is 3.77. The Kier molecular flexibility index (Phi) is 5.74. The van der Waals surface area contributed by atoms with E-state index in [-0.39, 0.29) is 17.4 Å². The number of nitrogens with zero attached hydrogens (tertiary/aromatic N) is 6. The first-order chi connectivity index (χ1) is 14.6. The topological polar surface area (TPSA) is 60.3 Å². The predicted octanol–water partition coefficient (Wildman–Crippen LogP) is 3.86. The van der Waals surface area contributed by atoms with Crippen molar-refractivity contribution in [3.05, 3.63) is 56.9 Å². The van der Waals surface area contributed by atoms with Crippen LogP contribution in [-0.2, 0) is 13.1 Å². The zero-order chi connectivity index (χ0) is 21.1. The summed E-state index contributed by atoms with van der Waals surface area (Å²) in [6.07, 6.45) is 3.39. The van der Waals surface area contributed by atoms with Crippen molar-refractivity contribution in [1.82, 2.24) is 19.1 Å². The smallest absolute Gasteiger partial charge is 0.281 e. The Hall–Kier alpha value is -3.29. The van der Waals surface area contributed by atoms with Crippen molar-refractivity contribution in [2.45, 2.75) is 39.3 Å². The summed E-state index contributed by atoms with van der Waals surface area (Å²) in [5.74, 6) is 6.67. The van der Waals surface area contributed by atoms with Gasteiger partial charge in [-0.25, -0.2) is 4.85 Å². The van der Waals surface area contributed by atoms with E-state index < -0.39 is 0 Å². The first kappa shape index (κ1) is 20.0. The van der Waals surface area contributed by atoms with E-state index in [1.807, 2.05) is 10.6 Å². The van der Waals surface area contributed by atoms with Crippen molar-refractivity contribution in [2.75, 3.05) is 18.0 Å². The fourth-order valence-electron chi connectivity index (χ4n) is 3.76. The van der Waals surface area contributed by atoms with Crippen molar-refractivity contribution in [2.24, 2.45) is 0 Å². The zero-order valence-electron chi connectivity index (χ0n) is 16.7. The minimum absolute atomic E-state index is 0.0807. The Morgan fingerprint density at radius 1 is 1.20 bits per heavy atom. The molecular weight excluding hydrogens is 400 g/mol. The summed E-state index contributed by atoms with van der Waals surface area (Å²) in [6.45, 7) is 11.4. The Morgan fingerprint density at radius 2 is 2.00 bits per heavy atom. The van der Waals surface area contributed by atoms with Crippen LogP contribution in [0.1, 0.15) is 31.7 Å². The fourth-order valence-corrected chi connectivity index (χ4v) is 3.98. The monoisotopic (exact) mass is 420 g/mol. The van der Waals surface area contributed by atoms with Crippen LogP contribution < -0.4 is 10.5 Å². The summed E-state index contributed by atoms with van der Waals surface area (Å²) in [4.78, 5) is 28.2. The molecule has 0 bridgehead atoms. The van der Waals surface area contributed by atoms with Gasteiger partial charge in [-0.3, -0.25) is 13.9 Å². The van der Waals surface area contributed by atoms with Gasteiger partial charge in [0, 0.05) is 13.1 Å². The van der Waals surface area contributed by atoms with Gasteiger partial charge in [-0.05, 0) is 43.4 Å². The molecule has 1 aliphatic heterocycles. The van der Waals surface area contributed by atoms with E-state index in [0.717, 1.165) is 37.4 Å².